The minimum absolute atomic E-state index is 0.0354. The van der Waals surface area contributed by atoms with Gasteiger partial charge in [-0.1, -0.05) is 30.1 Å². The molecular weight excluding hydrogens is 530 g/mol. The van der Waals surface area contributed by atoms with Crippen LogP contribution in [0, 0.1) is 6.92 Å². The van der Waals surface area contributed by atoms with Crippen molar-refractivity contribution in [2.75, 3.05) is 62.9 Å². The van der Waals surface area contributed by atoms with Gasteiger partial charge in [0.1, 0.15) is 17.3 Å². The topological polar surface area (TPSA) is 88.8 Å². The zero-order chi connectivity index (χ0) is 27.4. The van der Waals surface area contributed by atoms with Gasteiger partial charge in [-0.15, -0.1) is 0 Å². The van der Waals surface area contributed by atoms with E-state index in [0.717, 1.165) is 49.7 Å². The number of anilines is 4. The van der Waals surface area contributed by atoms with Crippen molar-refractivity contribution in [3.8, 4) is 11.5 Å². The van der Waals surface area contributed by atoms with E-state index in [1.54, 1.807) is 0 Å². The number of nitrogens with zero attached hydrogens (tertiary/aromatic N) is 4. The average Bonchev–Trinajstić information content (AvgIpc) is 2.92. The Kier molecular flexibility index (Phi) is 8.81. The first kappa shape index (κ1) is 27.8. The van der Waals surface area contributed by atoms with Gasteiger partial charge in [-0.25, -0.2) is 14.4 Å². The summed E-state index contributed by atoms with van der Waals surface area (Å²) in [6, 6.07) is 5.44. The summed E-state index contributed by atoms with van der Waals surface area (Å²) in [6.45, 7) is 9.22. The van der Waals surface area contributed by atoms with Gasteiger partial charge < -0.3 is 30.3 Å². The van der Waals surface area contributed by atoms with Crippen molar-refractivity contribution in [1.82, 2.24) is 14.9 Å². The summed E-state index contributed by atoms with van der Waals surface area (Å²) in [5, 5.41) is 3.30. The number of likely N-dealkylation sites (N-methyl/N-ethyl adjacent to an activating group) is 1. The van der Waals surface area contributed by atoms with Gasteiger partial charge >= 0.3 is 0 Å². The molecule has 0 amide bonds. The van der Waals surface area contributed by atoms with Crippen LogP contribution in [-0.4, -0.2) is 61.8 Å². The predicted octanol–water partition coefficient (Wildman–Crippen LogP) is 6.04. The van der Waals surface area contributed by atoms with Gasteiger partial charge in [0, 0.05) is 55.9 Å². The molecule has 1 saturated heterocycles. The highest BCUT2D eigenvalue weighted by molar-refractivity contribution is 6.39. The number of nitrogens with two attached hydrogens (primary N) is 1. The molecule has 3 aromatic rings. The second-order valence-electron chi connectivity index (χ2n) is 8.84. The van der Waals surface area contributed by atoms with Gasteiger partial charge in [0.15, 0.2) is 0 Å². The SMILES string of the molecule is CCN1CCN(c2ccc(N)c(Nc3ncc(/C=C(\F)c4c(Cl)c(OC)cc(OC)c4Cl)cn3)c2C)CC1. The van der Waals surface area contributed by atoms with E-state index in [9.17, 15) is 0 Å². The molecule has 8 nitrogen and oxygen atoms in total. The lowest BCUT2D eigenvalue weighted by molar-refractivity contribution is 0.271. The van der Waals surface area contributed by atoms with Crippen LogP contribution in [0.25, 0.3) is 11.9 Å². The number of methoxy groups -OCH3 is 2. The maximum absolute atomic E-state index is 15.3. The molecule has 0 spiro atoms. The summed E-state index contributed by atoms with van der Waals surface area (Å²) in [5.74, 6) is 0.135. The molecule has 11 heteroatoms. The Morgan fingerprint density at radius 2 is 1.68 bits per heavy atom. The van der Waals surface area contributed by atoms with Gasteiger partial charge in [-0.05, 0) is 37.2 Å². The summed E-state index contributed by atoms with van der Waals surface area (Å²) in [5.41, 5.74) is 10.2. The van der Waals surface area contributed by atoms with Crippen LogP contribution < -0.4 is 25.4 Å². The van der Waals surface area contributed by atoms with Crippen molar-refractivity contribution in [3.05, 3.63) is 57.3 Å². The average molecular weight is 561 g/mol. The van der Waals surface area contributed by atoms with Crippen molar-refractivity contribution in [2.45, 2.75) is 13.8 Å². The Morgan fingerprint density at radius 3 is 2.24 bits per heavy atom. The molecule has 4 rings (SSSR count). The molecule has 0 unspecified atom stereocenters. The summed E-state index contributed by atoms with van der Waals surface area (Å²) < 4.78 is 25.7. The van der Waals surface area contributed by atoms with E-state index < -0.39 is 5.83 Å². The minimum Gasteiger partial charge on any atom is -0.495 e. The molecular formula is C27H31Cl2FN6O2. The van der Waals surface area contributed by atoms with Crippen LogP contribution in [0.2, 0.25) is 10.0 Å². The number of rotatable bonds is 8. The number of hydrogen-bond donors (Lipinski definition) is 2. The van der Waals surface area contributed by atoms with Crippen LogP contribution in [0.15, 0.2) is 30.6 Å². The summed E-state index contributed by atoms with van der Waals surface area (Å²) in [4.78, 5) is 13.5. The summed E-state index contributed by atoms with van der Waals surface area (Å²) >= 11 is 12.7. The van der Waals surface area contributed by atoms with Gasteiger partial charge in [-0.3, -0.25) is 0 Å². The number of benzene rings is 2. The lowest BCUT2D eigenvalue weighted by Gasteiger charge is -2.36. The Bertz CT molecular complexity index is 1300. The Labute approximate surface area is 232 Å². The predicted molar refractivity (Wildman–Crippen MR) is 154 cm³/mol. The van der Waals surface area contributed by atoms with Gasteiger partial charge in [0.2, 0.25) is 5.95 Å². The minimum atomic E-state index is -0.683. The van der Waals surface area contributed by atoms with Crippen LogP contribution in [0.3, 0.4) is 0 Å². The summed E-state index contributed by atoms with van der Waals surface area (Å²) in [6.07, 6.45) is 4.23. The molecule has 0 atom stereocenters. The molecule has 0 bridgehead atoms. The molecule has 0 radical (unpaired) electrons. The first-order chi connectivity index (χ1) is 18.3. The molecule has 1 aliphatic rings. The lowest BCUT2D eigenvalue weighted by atomic mass is 10.1. The fraction of sp³-hybridized carbons (Fsp3) is 0.333. The molecule has 1 aromatic heterocycles. The van der Waals surface area contributed by atoms with Crippen LogP contribution in [0.1, 0.15) is 23.6 Å². The third kappa shape index (κ3) is 5.75. The second kappa shape index (κ2) is 12.1. The van der Waals surface area contributed by atoms with Gasteiger partial charge in [0.25, 0.3) is 0 Å². The van der Waals surface area contributed by atoms with Crippen LogP contribution in [-0.2, 0) is 0 Å². The first-order valence-corrected chi connectivity index (χ1v) is 13.0. The van der Waals surface area contributed by atoms with Crippen molar-refractivity contribution >= 4 is 58.1 Å². The molecule has 3 N–H and O–H groups in total. The third-order valence-electron chi connectivity index (χ3n) is 6.64. The summed E-state index contributed by atoms with van der Waals surface area (Å²) in [7, 11) is 2.85. The van der Waals surface area contributed by atoms with E-state index in [-0.39, 0.29) is 27.1 Å². The molecule has 38 heavy (non-hydrogen) atoms. The van der Waals surface area contributed by atoms with Gasteiger partial charge in [-0.2, -0.15) is 0 Å². The van der Waals surface area contributed by atoms with Crippen LogP contribution in [0.5, 0.6) is 11.5 Å². The number of halogens is 3. The monoisotopic (exact) mass is 560 g/mol. The maximum atomic E-state index is 15.3. The molecule has 2 heterocycles. The third-order valence-corrected chi connectivity index (χ3v) is 7.39. The normalized spacial score (nSPS) is 14.5. The Hall–Kier alpha value is -3.27. The fourth-order valence-electron chi connectivity index (χ4n) is 4.44. The maximum Gasteiger partial charge on any atom is 0.227 e. The number of aromatic nitrogens is 2. The van der Waals surface area contributed by atoms with Crippen LogP contribution in [0.4, 0.5) is 27.4 Å². The van der Waals surface area contributed by atoms with E-state index in [4.69, 9.17) is 38.4 Å². The van der Waals surface area contributed by atoms with Crippen molar-refractivity contribution in [3.63, 3.8) is 0 Å². The molecule has 202 valence electrons. The Balaban J connectivity index is 1.56. The van der Waals surface area contributed by atoms with Crippen molar-refractivity contribution in [1.29, 1.82) is 0 Å². The van der Waals surface area contributed by atoms with Crippen molar-refractivity contribution < 1.29 is 13.9 Å². The van der Waals surface area contributed by atoms with E-state index in [2.05, 4.69) is 38.1 Å². The number of hydrogen-bond acceptors (Lipinski definition) is 8. The highest BCUT2D eigenvalue weighted by atomic mass is 35.5. The highest BCUT2D eigenvalue weighted by Crippen LogP contribution is 2.44. The van der Waals surface area contributed by atoms with E-state index in [1.165, 1.54) is 38.8 Å². The zero-order valence-electron chi connectivity index (χ0n) is 21.8. The standard InChI is InChI=1S/C27H31Cl2FN6O2/c1-5-35-8-10-36(11-9-35)20-7-6-19(31)26(16(20)2)34-27-32-14-17(15-33-27)12-18(30)23-24(28)21(37-3)13-22(38-4)25(23)29/h6-7,12-15H,5,8-11,31H2,1-4H3,(H,32,33,34)/b18-12-. The zero-order valence-corrected chi connectivity index (χ0v) is 23.3. The molecule has 0 saturated carbocycles. The Morgan fingerprint density at radius 1 is 1.08 bits per heavy atom. The number of nitrogen functional groups attached to an aromatic ring is 1. The lowest BCUT2D eigenvalue weighted by Crippen LogP contribution is -2.46. The molecule has 0 aliphatic carbocycles. The second-order valence-corrected chi connectivity index (χ2v) is 9.59. The van der Waals surface area contributed by atoms with E-state index in [0.29, 0.717) is 17.2 Å². The van der Waals surface area contributed by atoms with E-state index in [1.807, 2.05) is 13.0 Å². The van der Waals surface area contributed by atoms with Crippen LogP contribution >= 0.6 is 23.2 Å². The largest absolute Gasteiger partial charge is 0.495 e. The molecule has 2 aromatic carbocycles. The van der Waals surface area contributed by atoms with Gasteiger partial charge in [0.05, 0.1) is 41.2 Å². The smallest absolute Gasteiger partial charge is 0.227 e. The van der Waals surface area contributed by atoms with Crippen molar-refractivity contribution in [2.24, 2.45) is 0 Å². The number of piperazine rings is 1. The quantitative estimate of drug-likeness (QED) is 0.322. The number of ether oxygens (including phenoxy) is 2. The number of nitrogens with one attached hydrogen (secondary N) is 1. The molecule has 1 aliphatic heterocycles. The fourth-order valence-corrected chi connectivity index (χ4v) is 5.12. The molecule has 1 fully saturated rings. The first-order valence-electron chi connectivity index (χ1n) is 12.2. The highest BCUT2D eigenvalue weighted by Gasteiger charge is 2.21. The van der Waals surface area contributed by atoms with E-state index >= 15 is 4.39 Å².